The summed E-state index contributed by atoms with van der Waals surface area (Å²) >= 11 is 0. The van der Waals surface area contributed by atoms with E-state index in [1.807, 2.05) is 19.1 Å². The molecule has 19 heavy (non-hydrogen) atoms. The van der Waals surface area contributed by atoms with Crippen molar-refractivity contribution in [2.75, 3.05) is 0 Å². The fraction of sp³-hybridized carbons (Fsp3) is 0.133. The first-order valence-corrected chi connectivity index (χ1v) is 5.84. The lowest BCUT2D eigenvalue weighted by molar-refractivity contribution is 0.0686. The van der Waals surface area contributed by atoms with Crippen LogP contribution in [0.25, 0.3) is 11.1 Å². The van der Waals surface area contributed by atoms with E-state index in [1.54, 1.807) is 12.1 Å². The summed E-state index contributed by atoms with van der Waals surface area (Å²) < 4.78 is 27.1. The van der Waals surface area contributed by atoms with Crippen molar-refractivity contribution in [3.8, 4) is 11.1 Å². The van der Waals surface area contributed by atoms with Gasteiger partial charge in [0.05, 0.1) is 0 Å². The second-order valence-corrected chi connectivity index (χ2v) is 4.17. The number of benzene rings is 2. The van der Waals surface area contributed by atoms with E-state index in [0.29, 0.717) is 11.1 Å². The Hall–Kier alpha value is -2.23. The van der Waals surface area contributed by atoms with Crippen molar-refractivity contribution in [3.63, 3.8) is 0 Å². The Bertz CT molecular complexity index is 596. The number of carboxylic acid groups (broad SMARTS) is 1. The van der Waals surface area contributed by atoms with Crippen LogP contribution < -0.4 is 0 Å². The van der Waals surface area contributed by atoms with Crippen molar-refractivity contribution in [3.05, 3.63) is 59.2 Å². The number of aryl methyl sites for hydroxylation is 1. The molecule has 0 saturated carbocycles. The highest BCUT2D eigenvalue weighted by Gasteiger charge is 2.18. The zero-order chi connectivity index (χ0) is 14.0. The Balaban J connectivity index is 2.48. The van der Waals surface area contributed by atoms with Gasteiger partial charge in [-0.2, -0.15) is 0 Å². The molecular weight excluding hydrogens is 250 g/mol. The largest absolute Gasteiger partial charge is 0.477 e. The molecule has 0 heterocycles. The van der Waals surface area contributed by atoms with Gasteiger partial charge in [0, 0.05) is 0 Å². The first-order chi connectivity index (χ1) is 9.02. The molecule has 2 nitrogen and oxygen atoms in total. The van der Waals surface area contributed by atoms with Gasteiger partial charge in [-0.25, -0.2) is 13.6 Å². The standard InChI is InChI=1S/C15H12F2O2/c1-2-9-3-5-10(6-4-9)11-7-12(16)14(15(18)19)13(17)8-11/h3-8H,2H2,1H3,(H,18,19). The molecule has 0 aliphatic carbocycles. The molecule has 0 fully saturated rings. The van der Waals surface area contributed by atoms with Gasteiger partial charge in [0.15, 0.2) is 0 Å². The topological polar surface area (TPSA) is 37.3 Å². The summed E-state index contributed by atoms with van der Waals surface area (Å²) in [5.74, 6) is -3.74. The van der Waals surface area contributed by atoms with Crippen LogP contribution in [0.4, 0.5) is 8.78 Å². The van der Waals surface area contributed by atoms with Crippen LogP contribution >= 0.6 is 0 Å². The maximum Gasteiger partial charge on any atom is 0.341 e. The zero-order valence-electron chi connectivity index (χ0n) is 10.3. The second kappa shape index (κ2) is 5.18. The minimum absolute atomic E-state index is 0.322. The van der Waals surface area contributed by atoms with Crippen LogP contribution in [0.3, 0.4) is 0 Å². The van der Waals surface area contributed by atoms with Crippen molar-refractivity contribution in [2.45, 2.75) is 13.3 Å². The summed E-state index contributed by atoms with van der Waals surface area (Å²) in [7, 11) is 0. The molecule has 0 spiro atoms. The first kappa shape index (κ1) is 13.2. The third-order valence-electron chi connectivity index (χ3n) is 2.95. The van der Waals surface area contributed by atoms with Crippen LogP contribution in [-0.2, 0) is 6.42 Å². The maximum absolute atomic E-state index is 13.6. The van der Waals surface area contributed by atoms with E-state index >= 15 is 0 Å². The number of carboxylic acids is 1. The van der Waals surface area contributed by atoms with E-state index in [9.17, 15) is 13.6 Å². The zero-order valence-corrected chi connectivity index (χ0v) is 10.3. The highest BCUT2D eigenvalue weighted by Crippen LogP contribution is 2.25. The van der Waals surface area contributed by atoms with Crippen LogP contribution in [0.1, 0.15) is 22.8 Å². The Labute approximate surface area is 109 Å². The highest BCUT2D eigenvalue weighted by molar-refractivity contribution is 5.89. The van der Waals surface area contributed by atoms with Crippen molar-refractivity contribution in [2.24, 2.45) is 0 Å². The number of carbonyl (C=O) groups is 1. The van der Waals surface area contributed by atoms with Gasteiger partial charge in [0.1, 0.15) is 17.2 Å². The van der Waals surface area contributed by atoms with Crippen molar-refractivity contribution < 1.29 is 18.7 Å². The Morgan fingerprint density at radius 2 is 1.58 bits per heavy atom. The Morgan fingerprint density at radius 3 is 2.00 bits per heavy atom. The number of halogens is 2. The van der Waals surface area contributed by atoms with Crippen molar-refractivity contribution in [1.29, 1.82) is 0 Å². The quantitative estimate of drug-likeness (QED) is 0.911. The van der Waals surface area contributed by atoms with Crippen LogP contribution in [0.2, 0.25) is 0 Å². The molecular formula is C15H12F2O2. The van der Waals surface area contributed by atoms with E-state index in [4.69, 9.17) is 5.11 Å². The molecule has 0 aliphatic rings. The predicted molar refractivity (Wildman–Crippen MR) is 68.1 cm³/mol. The molecule has 0 amide bonds. The highest BCUT2D eigenvalue weighted by atomic mass is 19.1. The van der Waals surface area contributed by atoms with Crippen molar-refractivity contribution in [1.82, 2.24) is 0 Å². The number of hydrogen-bond acceptors (Lipinski definition) is 1. The van der Waals surface area contributed by atoms with Gasteiger partial charge >= 0.3 is 5.97 Å². The second-order valence-electron chi connectivity index (χ2n) is 4.17. The lowest BCUT2D eigenvalue weighted by atomic mass is 10.0. The molecule has 0 saturated heterocycles. The first-order valence-electron chi connectivity index (χ1n) is 5.84. The van der Waals surface area contributed by atoms with Gasteiger partial charge in [-0.05, 0) is 35.2 Å². The van der Waals surface area contributed by atoms with Gasteiger partial charge in [-0.15, -0.1) is 0 Å². The van der Waals surface area contributed by atoms with Gasteiger partial charge in [-0.3, -0.25) is 0 Å². The average Bonchev–Trinajstić information content (AvgIpc) is 2.37. The van der Waals surface area contributed by atoms with Crippen LogP contribution in [0.15, 0.2) is 36.4 Å². The monoisotopic (exact) mass is 262 g/mol. The predicted octanol–water partition coefficient (Wildman–Crippen LogP) is 3.89. The molecule has 0 aromatic heterocycles. The molecule has 0 aliphatic heterocycles. The molecule has 0 radical (unpaired) electrons. The summed E-state index contributed by atoms with van der Waals surface area (Å²) in [6, 6.07) is 9.33. The molecule has 2 aromatic carbocycles. The summed E-state index contributed by atoms with van der Waals surface area (Å²) in [4.78, 5) is 10.7. The van der Waals surface area contributed by atoms with E-state index in [0.717, 1.165) is 24.1 Å². The fourth-order valence-electron chi connectivity index (χ4n) is 1.88. The normalized spacial score (nSPS) is 10.5. The third kappa shape index (κ3) is 2.62. The number of hydrogen-bond donors (Lipinski definition) is 1. The molecule has 0 atom stereocenters. The smallest absolute Gasteiger partial charge is 0.341 e. The van der Waals surface area contributed by atoms with E-state index < -0.39 is 23.2 Å². The lowest BCUT2D eigenvalue weighted by Crippen LogP contribution is -2.04. The number of aromatic carboxylic acids is 1. The van der Waals surface area contributed by atoms with Crippen LogP contribution in [-0.4, -0.2) is 11.1 Å². The molecule has 1 N–H and O–H groups in total. The summed E-state index contributed by atoms with van der Waals surface area (Å²) in [5.41, 5.74) is 1.16. The Morgan fingerprint density at radius 1 is 1.05 bits per heavy atom. The van der Waals surface area contributed by atoms with E-state index in [1.165, 1.54) is 0 Å². The van der Waals surface area contributed by atoms with Gasteiger partial charge in [0.2, 0.25) is 0 Å². The van der Waals surface area contributed by atoms with E-state index in [2.05, 4.69) is 0 Å². The molecule has 4 heteroatoms. The third-order valence-corrected chi connectivity index (χ3v) is 2.95. The molecule has 0 unspecified atom stereocenters. The van der Waals surface area contributed by atoms with E-state index in [-0.39, 0.29) is 0 Å². The van der Waals surface area contributed by atoms with Crippen LogP contribution in [0, 0.1) is 11.6 Å². The average molecular weight is 262 g/mol. The number of rotatable bonds is 3. The summed E-state index contributed by atoms with van der Waals surface area (Å²) in [6.07, 6.45) is 0.876. The Kier molecular flexibility index (Phi) is 3.60. The molecule has 2 aromatic rings. The summed E-state index contributed by atoms with van der Waals surface area (Å²) in [6.45, 7) is 2.01. The fourth-order valence-corrected chi connectivity index (χ4v) is 1.88. The molecule has 0 bridgehead atoms. The maximum atomic E-state index is 13.6. The van der Waals surface area contributed by atoms with Crippen LogP contribution in [0.5, 0.6) is 0 Å². The molecule has 2 rings (SSSR count). The van der Waals surface area contributed by atoms with Crippen molar-refractivity contribution >= 4 is 5.97 Å². The van der Waals surface area contributed by atoms with Gasteiger partial charge in [-0.1, -0.05) is 31.2 Å². The molecule has 98 valence electrons. The SMILES string of the molecule is CCc1ccc(-c2cc(F)c(C(=O)O)c(F)c2)cc1. The van der Waals surface area contributed by atoms with Gasteiger partial charge < -0.3 is 5.11 Å². The van der Waals surface area contributed by atoms with Gasteiger partial charge in [0.25, 0.3) is 0 Å². The lowest BCUT2D eigenvalue weighted by Gasteiger charge is -2.06. The minimum atomic E-state index is -1.61. The summed E-state index contributed by atoms with van der Waals surface area (Å²) in [5, 5.41) is 8.70. The minimum Gasteiger partial charge on any atom is -0.477 e.